The summed E-state index contributed by atoms with van der Waals surface area (Å²) in [6.07, 6.45) is 1.69. The molecule has 108 valence electrons. The largest absolute Gasteiger partial charge is 0.467 e. The predicted octanol–water partition coefficient (Wildman–Crippen LogP) is 5.00. The van der Waals surface area contributed by atoms with Gasteiger partial charge in [0.2, 0.25) is 0 Å². The molecular formula is C18H13ClN2O. The molecule has 0 aliphatic heterocycles. The molecule has 0 spiro atoms. The van der Waals surface area contributed by atoms with Crippen LogP contribution in [0.15, 0.2) is 71.3 Å². The standard InChI is InChI=1S/C18H13ClN2O/c19-14-8-9-17-16(11-14)20-18(13-5-2-1-3-6-13)21(17)12-15-7-4-10-22-15/h1-11H,12H2. The maximum Gasteiger partial charge on any atom is 0.141 e. The van der Waals surface area contributed by atoms with E-state index in [2.05, 4.69) is 16.7 Å². The van der Waals surface area contributed by atoms with Gasteiger partial charge < -0.3 is 8.98 Å². The highest BCUT2D eigenvalue weighted by Gasteiger charge is 2.14. The van der Waals surface area contributed by atoms with Gasteiger partial charge in [0, 0.05) is 10.6 Å². The fourth-order valence-electron chi connectivity index (χ4n) is 2.63. The van der Waals surface area contributed by atoms with Crippen LogP contribution < -0.4 is 0 Å². The van der Waals surface area contributed by atoms with Crippen molar-refractivity contribution in [2.45, 2.75) is 6.54 Å². The van der Waals surface area contributed by atoms with Crippen LogP contribution in [0.4, 0.5) is 0 Å². The van der Waals surface area contributed by atoms with Crippen LogP contribution in [-0.4, -0.2) is 9.55 Å². The van der Waals surface area contributed by atoms with Gasteiger partial charge >= 0.3 is 0 Å². The minimum Gasteiger partial charge on any atom is -0.467 e. The normalized spacial score (nSPS) is 11.1. The van der Waals surface area contributed by atoms with E-state index in [1.54, 1.807) is 6.26 Å². The van der Waals surface area contributed by atoms with Gasteiger partial charge in [0.25, 0.3) is 0 Å². The monoisotopic (exact) mass is 308 g/mol. The van der Waals surface area contributed by atoms with E-state index in [9.17, 15) is 0 Å². The van der Waals surface area contributed by atoms with Crippen LogP contribution in [0.25, 0.3) is 22.4 Å². The molecule has 2 heterocycles. The topological polar surface area (TPSA) is 31.0 Å². The smallest absolute Gasteiger partial charge is 0.141 e. The Bertz CT molecular complexity index is 911. The molecule has 0 atom stereocenters. The summed E-state index contributed by atoms with van der Waals surface area (Å²) in [5, 5.41) is 0.690. The molecule has 2 aromatic carbocycles. The Morgan fingerprint density at radius 3 is 2.64 bits per heavy atom. The first-order valence-electron chi connectivity index (χ1n) is 7.05. The molecule has 0 fully saturated rings. The zero-order valence-electron chi connectivity index (χ0n) is 11.7. The minimum absolute atomic E-state index is 0.634. The lowest BCUT2D eigenvalue weighted by atomic mass is 10.2. The Morgan fingerprint density at radius 2 is 1.86 bits per heavy atom. The number of hydrogen-bond acceptors (Lipinski definition) is 2. The van der Waals surface area contributed by atoms with Crippen molar-refractivity contribution < 1.29 is 4.42 Å². The van der Waals surface area contributed by atoms with E-state index >= 15 is 0 Å². The maximum absolute atomic E-state index is 6.10. The van der Waals surface area contributed by atoms with Crippen LogP contribution in [0.5, 0.6) is 0 Å². The highest BCUT2D eigenvalue weighted by atomic mass is 35.5. The molecule has 4 heteroatoms. The van der Waals surface area contributed by atoms with Gasteiger partial charge in [-0.15, -0.1) is 0 Å². The van der Waals surface area contributed by atoms with Crippen molar-refractivity contribution in [3.05, 3.63) is 77.7 Å². The second kappa shape index (κ2) is 5.35. The van der Waals surface area contributed by atoms with Gasteiger partial charge in [-0.25, -0.2) is 4.98 Å². The van der Waals surface area contributed by atoms with E-state index in [1.165, 1.54) is 0 Å². The third-order valence-electron chi connectivity index (χ3n) is 3.64. The van der Waals surface area contributed by atoms with Crippen LogP contribution in [0.2, 0.25) is 5.02 Å². The van der Waals surface area contributed by atoms with Gasteiger partial charge in [0.1, 0.15) is 11.6 Å². The molecule has 0 amide bonds. The van der Waals surface area contributed by atoms with Gasteiger partial charge in [-0.2, -0.15) is 0 Å². The zero-order valence-corrected chi connectivity index (χ0v) is 12.5. The third-order valence-corrected chi connectivity index (χ3v) is 3.87. The predicted molar refractivity (Wildman–Crippen MR) is 88.0 cm³/mol. The van der Waals surface area contributed by atoms with Crippen molar-refractivity contribution in [2.24, 2.45) is 0 Å². The fraction of sp³-hybridized carbons (Fsp3) is 0.0556. The molecule has 22 heavy (non-hydrogen) atoms. The highest BCUT2D eigenvalue weighted by molar-refractivity contribution is 6.31. The molecular weight excluding hydrogens is 296 g/mol. The molecule has 4 rings (SSSR count). The molecule has 0 aliphatic rings. The number of imidazole rings is 1. The summed E-state index contributed by atoms with van der Waals surface area (Å²) < 4.78 is 7.65. The quantitative estimate of drug-likeness (QED) is 0.533. The summed E-state index contributed by atoms with van der Waals surface area (Å²) in [6, 6.07) is 19.8. The first kappa shape index (κ1) is 13.2. The highest BCUT2D eigenvalue weighted by Crippen LogP contribution is 2.27. The van der Waals surface area contributed by atoms with Gasteiger partial charge in [-0.05, 0) is 30.3 Å². The SMILES string of the molecule is Clc1ccc2c(c1)nc(-c1ccccc1)n2Cc1ccco1. The van der Waals surface area contributed by atoms with Gasteiger partial charge in [0.15, 0.2) is 0 Å². The number of halogens is 1. The lowest BCUT2D eigenvalue weighted by Crippen LogP contribution is -2.01. The van der Waals surface area contributed by atoms with E-state index in [0.29, 0.717) is 11.6 Å². The molecule has 0 aliphatic carbocycles. The number of hydrogen-bond donors (Lipinski definition) is 0. The molecule has 0 saturated heterocycles. The second-order valence-corrected chi connectivity index (χ2v) is 5.54. The molecule has 2 aromatic heterocycles. The van der Waals surface area contributed by atoms with Crippen LogP contribution in [0, 0.1) is 0 Å². The summed E-state index contributed by atoms with van der Waals surface area (Å²) in [6.45, 7) is 0.634. The van der Waals surface area contributed by atoms with Gasteiger partial charge in [-0.3, -0.25) is 0 Å². The van der Waals surface area contributed by atoms with Crippen LogP contribution in [-0.2, 0) is 6.54 Å². The van der Waals surface area contributed by atoms with E-state index in [1.807, 2.05) is 48.5 Å². The van der Waals surface area contributed by atoms with Crippen molar-refractivity contribution in [1.29, 1.82) is 0 Å². The Hall–Kier alpha value is -2.52. The Balaban J connectivity index is 1.94. The van der Waals surface area contributed by atoms with Crippen molar-refractivity contribution >= 4 is 22.6 Å². The lowest BCUT2D eigenvalue weighted by molar-refractivity contribution is 0.497. The Labute approximate surface area is 132 Å². The van der Waals surface area contributed by atoms with E-state index in [4.69, 9.17) is 21.0 Å². The molecule has 0 bridgehead atoms. The first-order valence-corrected chi connectivity index (χ1v) is 7.43. The molecule has 0 unspecified atom stereocenters. The number of rotatable bonds is 3. The molecule has 0 saturated carbocycles. The first-order chi connectivity index (χ1) is 10.8. The molecule has 0 N–H and O–H groups in total. The number of aromatic nitrogens is 2. The Kier molecular flexibility index (Phi) is 3.20. The molecule has 0 radical (unpaired) electrons. The Morgan fingerprint density at radius 1 is 1.00 bits per heavy atom. The van der Waals surface area contributed by atoms with E-state index in [0.717, 1.165) is 28.2 Å². The van der Waals surface area contributed by atoms with Crippen LogP contribution >= 0.6 is 11.6 Å². The second-order valence-electron chi connectivity index (χ2n) is 5.10. The summed E-state index contributed by atoms with van der Waals surface area (Å²) in [7, 11) is 0. The van der Waals surface area contributed by atoms with E-state index in [-0.39, 0.29) is 0 Å². The van der Waals surface area contributed by atoms with Crippen LogP contribution in [0.3, 0.4) is 0 Å². The summed E-state index contributed by atoms with van der Waals surface area (Å²) in [5.41, 5.74) is 3.00. The molecule has 3 nitrogen and oxygen atoms in total. The van der Waals surface area contributed by atoms with Crippen molar-refractivity contribution in [3.8, 4) is 11.4 Å². The van der Waals surface area contributed by atoms with Crippen molar-refractivity contribution in [2.75, 3.05) is 0 Å². The summed E-state index contributed by atoms with van der Waals surface area (Å²) >= 11 is 6.10. The summed E-state index contributed by atoms with van der Waals surface area (Å²) in [5.74, 6) is 1.81. The maximum atomic E-state index is 6.10. The number of benzene rings is 2. The van der Waals surface area contributed by atoms with Crippen molar-refractivity contribution in [1.82, 2.24) is 9.55 Å². The van der Waals surface area contributed by atoms with Gasteiger partial charge in [-0.1, -0.05) is 41.9 Å². The lowest BCUT2D eigenvalue weighted by Gasteiger charge is -2.07. The van der Waals surface area contributed by atoms with E-state index < -0.39 is 0 Å². The number of furan rings is 1. The third kappa shape index (κ3) is 2.30. The average molecular weight is 309 g/mol. The summed E-state index contributed by atoms with van der Waals surface area (Å²) in [4.78, 5) is 4.76. The average Bonchev–Trinajstić information content (AvgIpc) is 3.17. The molecule has 4 aromatic rings. The van der Waals surface area contributed by atoms with Crippen LogP contribution in [0.1, 0.15) is 5.76 Å². The fourth-order valence-corrected chi connectivity index (χ4v) is 2.80. The van der Waals surface area contributed by atoms with Crippen molar-refractivity contribution in [3.63, 3.8) is 0 Å². The minimum atomic E-state index is 0.634. The zero-order chi connectivity index (χ0) is 14.9. The number of fused-ring (bicyclic) bond motifs is 1. The number of nitrogens with zero attached hydrogens (tertiary/aromatic N) is 2. The van der Waals surface area contributed by atoms with Gasteiger partial charge in [0.05, 0.1) is 23.8 Å².